The molecule has 1 amide bonds. The van der Waals surface area contributed by atoms with Crippen LogP contribution in [-0.4, -0.2) is 43.1 Å². The van der Waals surface area contributed by atoms with Crippen molar-refractivity contribution in [3.8, 4) is 0 Å². The lowest BCUT2D eigenvalue weighted by atomic mass is 10.00. The van der Waals surface area contributed by atoms with Gasteiger partial charge in [-0.05, 0) is 24.1 Å². The van der Waals surface area contributed by atoms with Crippen molar-refractivity contribution in [1.29, 1.82) is 0 Å². The first-order chi connectivity index (χ1) is 13.4. The molecular formula is C21H23N3O3S. The molecule has 0 unspecified atom stereocenters. The zero-order valence-electron chi connectivity index (χ0n) is 15.8. The van der Waals surface area contributed by atoms with Crippen molar-refractivity contribution < 1.29 is 13.2 Å². The first-order valence-electron chi connectivity index (χ1n) is 9.50. The molecule has 28 heavy (non-hydrogen) atoms. The van der Waals surface area contributed by atoms with Gasteiger partial charge in [-0.2, -0.15) is 4.31 Å². The van der Waals surface area contributed by atoms with Crippen molar-refractivity contribution in [3.05, 3.63) is 65.7 Å². The van der Waals surface area contributed by atoms with Crippen molar-refractivity contribution in [2.45, 2.75) is 36.7 Å². The van der Waals surface area contributed by atoms with Crippen LogP contribution < -0.4 is 5.32 Å². The molecule has 1 spiro atoms. The quantitative estimate of drug-likeness (QED) is 0.860. The maximum Gasteiger partial charge on any atom is 0.272 e. The molecule has 1 saturated heterocycles. The van der Waals surface area contributed by atoms with Gasteiger partial charge in [0.1, 0.15) is 11.4 Å². The fourth-order valence-electron chi connectivity index (χ4n) is 3.73. The third kappa shape index (κ3) is 3.36. The van der Waals surface area contributed by atoms with Gasteiger partial charge in [-0.15, -0.1) is 0 Å². The molecule has 0 saturated carbocycles. The molecule has 0 radical (unpaired) electrons. The summed E-state index contributed by atoms with van der Waals surface area (Å²) in [6.45, 7) is 2.68. The lowest BCUT2D eigenvalue weighted by Gasteiger charge is -2.36. The lowest BCUT2D eigenvalue weighted by molar-refractivity contribution is -0.115. The van der Waals surface area contributed by atoms with Crippen LogP contribution in [0.2, 0.25) is 0 Å². The van der Waals surface area contributed by atoms with E-state index in [9.17, 15) is 13.2 Å². The van der Waals surface area contributed by atoms with E-state index in [1.54, 1.807) is 12.1 Å². The third-order valence-electron chi connectivity index (χ3n) is 5.45. The average Bonchev–Trinajstić information content (AvgIpc) is 3.04. The Kier molecular flexibility index (Phi) is 4.81. The molecule has 2 aromatic carbocycles. The van der Waals surface area contributed by atoms with Gasteiger partial charge in [0.15, 0.2) is 0 Å². The van der Waals surface area contributed by atoms with E-state index in [1.165, 1.54) is 4.31 Å². The van der Waals surface area contributed by atoms with Crippen LogP contribution in [-0.2, 0) is 21.2 Å². The van der Waals surface area contributed by atoms with Crippen LogP contribution in [0, 0.1) is 0 Å². The van der Waals surface area contributed by atoms with Gasteiger partial charge in [-0.1, -0.05) is 49.4 Å². The fraction of sp³-hybridized carbons (Fsp3) is 0.333. The van der Waals surface area contributed by atoms with E-state index in [4.69, 9.17) is 0 Å². The minimum atomic E-state index is -3.54. The number of sulfonamides is 1. The lowest BCUT2D eigenvalue weighted by Crippen LogP contribution is -2.52. The molecule has 0 atom stereocenters. The maximum absolute atomic E-state index is 12.9. The van der Waals surface area contributed by atoms with Gasteiger partial charge >= 0.3 is 0 Å². The first kappa shape index (κ1) is 18.8. The van der Waals surface area contributed by atoms with Crippen LogP contribution in [0.3, 0.4) is 0 Å². The largest absolute Gasteiger partial charge is 0.326 e. The number of carbonyl (C=O) groups excluding carboxylic acids is 1. The molecule has 7 heteroatoms. The van der Waals surface area contributed by atoms with E-state index in [2.05, 4.69) is 10.3 Å². The van der Waals surface area contributed by atoms with Crippen LogP contribution in [0.5, 0.6) is 0 Å². The predicted molar refractivity (Wildman–Crippen MR) is 108 cm³/mol. The molecule has 2 aromatic rings. The summed E-state index contributed by atoms with van der Waals surface area (Å²) < 4.78 is 27.4. The van der Waals surface area contributed by atoms with Crippen LogP contribution in [0.25, 0.3) is 0 Å². The van der Waals surface area contributed by atoms with Crippen molar-refractivity contribution in [3.63, 3.8) is 0 Å². The second-order valence-electron chi connectivity index (χ2n) is 7.21. The number of amides is 1. The highest BCUT2D eigenvalue weighted by Gasteiger charge is 2.44. The number of piperidine rings is 1. The highest BCUT2D eigenvalue weighted by atomic mass is 32.2. The Labute approximate surface area is 165 Å². The number of benzene rings is 2. The Hall–Kier alpha value is -2.51. The summed E-state index contributed by atoms with van der Waals surface area (Å²) in [5.41, 5.74) is 1.60. The summed E-state index contributed by atoms with van der Waals surface area (Å²) in [5, 5.41) is 2.98. The number of aliphatic imine (C=N–C) groups is 1. The number of aryl methyl sites for hydroxylation is 1. The minimum absolute atomic E-state index is 0.197. The molecule has 0 aliphatic carbocycles. The first-order valence-corrected chi connectivity index (χ1v) is 10.9. The Morgan fingerprint density at radius 2 is 1.68 bits per heavy atom. The molecule has 6 nitrogen and oxygen atoms in total. The van der Waals surface area contributed by atoms with Crippen molar-refractivity contribution in [2.75, 3.05) is 13.1 Å². The van der Waals surface area contributed by atoms with Crippen molar-refractivity contribution in [2.24, 2.45) is 4.99 Å². The smallest absolute Gasteiger partial charge is 0.272 e. The summed E-state index contributed by atoms with van der Waals surface area (Å²) in [4.78, 5) is 17.4. The standard InChI is InChI=1S/C21H23N3O3S/c1-2-16-8-10-18(11-9-16)28(26,27)24-14-12-21(13-15-24)22-19(20(25)23-21)17-6-4-3-5-7-17/h3-11H,2,12-15H2,1H3,(H,23,25). The zero-order valence-corrected chi connectivity index (χ0v) is 16.6. The average molecular weight is 398 g/mol. The van der Waals surface area contributed by atoms with E-state index in [0.717, 1.165) is 17.5 Å². The normalized spacial score (nSPS) is 19.5. The highest BCUT2D eigenvalue weighted by Crippen LogP contribution is 2.31. The van der Waals surface area contributed by atoms with Crippen molar-refractivity contribution >= 4 is 21.6 Å². The fourth-order valence-corrected chi connectivity index (χ4v) is 5.18. The van der Waals surface area contributed by atoms with Gasteiger partial charge in [0.2, 0.25) is 10.0 Å². The summed E-state index contributed by atoms with van der Waals surface area (Å²) >= 11 is 0. The highest BCUT2D eigenvalue weighted by molar-refractivity contribution is 7.89. The molecule has 2 heterocycles. The Balaban J connectivity index is 1.51. The summed E-state index contributed by atoms with van der Waals surface area (Å²) in [5.74, 6) is -0.197. The van der Waals surface area contributed by atoms with Crippen LogP contribution in [0.15, 0.2) is 64.5 Å². The van der Waals surface area contributed by atoms with Gasteiger partial charge in [-0.3, -0.25) is 9.79 Å². The predicted octanol–water partition coefficient (Wildman–Crippen LogP) is 2.35. The maximum atomic E-state index is 12.9. The number of nitrogens with one attached hydrogen (secondary N) is 1. The number of hydrogen-bond acceptors (Lipinski definition) is 4. The molecule has 2 aliphatic rings. The number of rotatable bonds is 4. The van der Waals surface area contributed by atoms with E-state index in [0.29, 0.717) is 36.5 Å². The van der Waals surface area contributed by atoms with Crippen LogP contribution >= 0.6 is 0 Å². The van der Waals surface area contributed by atoms with Gasteiger partial charge in [-0.25, -0.2) is 8.42 Å². The SMILES string of the molecule is CCc1ccc(S(=O)(=O)N2CCC3(CC2)N=C(c2ccccc2)C(=O)N3)cc1. The topological polar surface area (TPSA) is 78.8 Å². The van der Waals surface area contributed by atoms with Gasteiger partial charge in [0.05, 0.1) is 4.90 Å². The Morgan fingerprint density at radius 3 is 2.29 bits per heavy atom. The second kappa shape index (κ2) is 7.14. The van der Waals surface area contributed by atoms with Crippen LogP contribution in [0.1, 0.15) is 30.9 Å². The van der Waals surface area contributed by atoms with E-state index in [1.807, 2.05) is 49.4 Å². The molecule has 146 valence electrons. The minimum Gasteiger partial charge on any atom is -0.326 e. The monoisotopic (exact) mass is 397 g/mol. The zero-order chi connectivity index (χ0) is 19.8. The summed E-state index contributed by atoms with van der Waals surface area (Å²) in [7, 11) is -3.54. The molecule has 0 bridgehead atoms. The number of carbonyl (C=O) groups is 1. The Bertz CT molecular complexity index is 1010. The van der Waals surface area contributed by atoms with Gasteiger partial charge in [0, 0.05) is 31.5 Å². The molecule has 4 rings (SSSR count). The molecule has 1 N–H and O–H groups in total. The van der Waals surface area contributed by atoms with Gasteiger partial charge < -0.3 is 5.32 Å². The molecular weight excluding hydrogens is 374 g/mol. The Morgan fingerprint density at radius 1 is 1.04 bits per heavy atom. The number of nitrogens with zero attached hydrogens (tertiary/aromatic N) is 2. The van der Waals surface area contributed by atoms with E-state index in [-0.39, 0.29) is 5.91 Å². The summed E-state index contributed by atoms with van der Waals surface area (Å²) in [6, 6.07) is 16.4. The third-order valence-corrected chi connectivity index (χ3v) is 7.37. The van der Waals surface area contributed by atoms with Crippen molar-refractivity contribution in [1.82, 2.24) is 9.62 Å². The van der Waals surface area contributed by atoms with Crippen LogP contribution in [0.4, 0.5) is 0 Å². The molecule has 1 fully saturated rings. The van der Waals surface area contributed by atoms with E-state index < -0.39 is 15.7 Å². The second-order valence-corrected chi connectivity index (χ2v) is 9.15. The van der Waals surface area contributed by atoms with Gasteiger partial charge in [0.25, 0.3) is 5.91 Å². The summed E-state index contributed by atoms with van der Waals surface area (Å²) in [6.07, 6.45) is 1.79. The number of hydrogen-bond donors (Lipinski definition) is 1. The molecule has 2 aliphatic heterocycles. The molecule has 0 aromatic heterocycles. The van der Waals surface area contributed by atoms with E-state index >= 15 is 0 Å².